The molecule has 1 atom stereocenters. The lowest BCUT2D eigenvalue weighted by Gasteiger charge is -2.43. The number of fused-ring (bicyclic) bond motifs is 1. The molecule has 3 aromatic heterocycles. The Kier molecular flexibility index (Phi) is 10.5. The van der Waals surface area contributed by atoms with E-state index in [9.17, 15) is 9.59 Å². The van der Waals surface area contributed by atoms with Crippen LogP contribution < -0.4 is 15.5 Å². The molecule has 1 unspecified atom stereocenters. The van der Waals surface area contributed by atoms with Crippen molar-refractivity contribution in [1.29, 1.82) is 0 Å². The number of nitrogens with one attached hydrogen (secondary N) is 2. The summed E-state index contributed by atoms with van der Waals surface area (Å²) in [6.45, 7) is 11.9. The van der Waals surface area contributed by atoms with E-state index in [-0.39, 0.29) is 35.5 Å². The van der Waals surface area contributed by atoms with Crippen LogP contribution in [0.2, 0.25) is 0 Å². The van der Waals surface area contributed by atoms with Crippen molar-refractivity contribution < 1.29 is 22.8 Å². The van der Waals surface area contributed by atoms with Gasteiger partial charge in [0.25, 0.3) is 0 Å². The summed E-state index contributed by atoms with van der Waals surface area (Å²) in [6.07, 6.45) is 5.49. The summed E-state index contributed by atoms with van der Waals surface area (Å²) in [6, 6.07) is 12.5. The molecule has 5 aromatic rings. The molecular weight excluding hydrogens is 722 g/mol. The van der Waals surface area contributed by atoms with Crippen LogP contribution in [0.15, 0.2) is 54.9 Å². The fraction of sp³-hybridized carbons (Fsp3) is 0.415. The van der Waals surface area contributed by atoms with Crippen LogP contribution in [0.3, 0.4) is 0 Å². The number of pyridine rings is 1. The van der Waals surface area contributed by atoms with Crippen molar-refractivity contribution in [3.63, 3.8) is 0 Å². The smallest absolute Gasteiger partial charge is 0.234 e. The Morgan fingerprint density at radius 3 is 2.34 bits per heavy atom. The number of piperidine rings is 2. The molecule has 2 amide bonds. The Bertz CT molecular complexity index is 2260. The first-order valence-electron chi connectivity index (χ1n) is 19.3. The van der Waals surface area contributed by atoms with Crippen LogP contribution in [-0.4, -0.2) is 91.4 Å². The van der Waals surface area contributed by atoms with E-state index in [4.69, 9.17) is 0 Å². The molecule has 3 aliphatic rings. The van der Waals surface area contributed by atoms with E-state index in [1.807, 2.05) is 49.7 Å². The van der Waals surface area contributed by atoms with Gasteiger partial charge in [-0.15, -0.1) is 0 Å². The van der Waals surface area contributed by atoms with Crippen LogP contribution in [0, 0.1) is 24.4 Å². The number of aryl methyl sites for hydroxylation is 1. The summed E-state index contributed by atoms with van der Waals surface area (Å²) in [5.74, 6) is -1.64. The number of amides is 2. The molecule has 3 fully saturated rings. The molecule has 56 heavy (non-hydrogen) atoms. The largest absolute Gasteiger partial charge is 0.370 e. The number of nitrogens with zero attached hydrogens (tertiary/aromatic N) is 8. The second-order valence-electron chi connectivity index (χ2n) is 15.3. The lowest BCUT2D eigenvalue weighted by molar-refractivity contribution is -0.134. The number of benzene rings is 2. The fourth-order valence-corrected chi connectivity index (χ4v) is 8.42. The molecule has 12 nitrogen and oxygen atoms in total. The maximum absolute atomic E-state index is 15.1. The van der Waals surface area contributed by atoms with Gasteiger partial charge in [-0.1, -0.05) is 12.1 Å². The number of imidazole rings is 1. The summed E-state index contributed by atoms with van der Waals surface area (Å²) in [7, 11) is 0. The van der Waals surface area contributed by atoms with Crippen molar-refractivity contribution in [2.75, 3.05) is 49.5 Å². The van der Waals surface area contributed by atoms with Gasteiger partial charge in [0.2, 0.25) is 17.8 Å². The standard InChI is InChI=1S/C41H45F3N10O2/c1-24(2)54-25(3)47-39-33(43)19-27(20-35(39)54)38-34(44)22-46-41(50-38)48-36-8-5-29(21-45-36)52-12-10-28(11-13-52)53-16-14-51(15-17-53)23-26-4-6-30(32(42)18-26)31-7-9-37(55)49-40(31)56/h4-6,8,18-22,24,28,31H,7,9-17,23H2,1-3H3,(H,49,55,56)(H,45,46,48,50). The first kappa shape index (κ1) is 37.5. The number of hydrogen-bond donors (Lipinski definition) is 2. The Morgan fingerprint density at radius 1 is 0.857 bits per heavy atom. The SMILES string of the molecule is Cc1nc2c(F)cc(-c3nc(Nc4ccc(N5CCC(N6CCN(Cc7ccc(C8CCC(=O)NC8=O)c(F)c7)CC6)CC5)cn4)ncc3F)cc2n1C(C)C. The van der Waals surface area contributed by atoms with Crippen molar-refractivity contribution in [3.8, 4) is 11.3 Å². The van der Waals surface area contributed by atoms with Gasteiger partial charge in [0, 0.05) is 75.4 Å². The van der Waals surface area contributed by atoms with Gasteiger partial charge in [-0.2, -0.15) is 0 Å². The van der Waals surface area contributed by atoms with Gasteiger partial charge in [0.1, 0.15) is 28.7 Å². The molecule has 2 N–H and O–H groups in total. The molecule has 0 bridgehead atoms. The number of carbonyl (C=O) groups is 2. The maximum atomic E-state index is 15.1. The number of imide groups is 1. The van der Waals surface area contributed by atoms with E-state index in [1.165, 1.54) is 12.1 Å². The molecule has 3 aliphatic heterocycles. The summed E-state index contributed by atoms with van der Waals surface area (Å²) in [5.41, 5.74) is 3.32. The average Bonchev–Trinajstić information content (AvgIpc) is 3.53. The lowest BCUT2D eigenvalue weighted by Crippen LogP contribution is -2.53. The monoisotopic (exact) mass is 766 g/mol. The zero-order valence-corrected chi connectivity index (χ0v) is 31.7. The van der Waals surface area contributed by atoms with Gasteiger partial charge in [-0.25, -0.2) is 33.1 Å². The Hall–Kier alpha value is -5.41. The van der Waals surface area contributed by atoms with Gasteiger partial charge in [-0.3, -0.25) is 24.7 Å². The number of hydrogen-bond acceptors (Lipinski definition) is 10. The van der Waals surface area contributed by atoms with E-state index in [1.54, 1.807) is 12.1 Å². The molecule has 6 heterocycles. The van der Waals surface area contributed by atoms with Crippen molar-refractivity contribution in [2.24, 2.45) is 0 Å². The third-order valence-corrected chi connectivity index (χ3v) is 11.3. The van der Waals surface area contributed by atoms with Crippen LogP contribution in [0.5, 0.6) is 0 Å². The van der Waals surface area contributed by atoms with Crippen LogP contribution in [0.4, 0.5) is 30.6 Å². The highest BCUT2D eigenvalue weighted by Crippen LogP contribution is 2.32. The topological polar surface area (TPSA) is 124 Å². The minimum atomic E-state index is -0.664. The fourth-order valence-electron chi connectivity index (χ4n) is 8.42. The molecular formula is C41H45F3N10O2. The van der Waals surface area contributed by atoms with E-state index < -0.39 is 29.3 Å². The van der Waals surface area contributed by atoms with E-state index in [0.29, 0.717) is 47.3 Å². The van der Waals surface area contributed by atoms with Crippen molar-refractivity contribution >= 4 is 40.3 Å². The molecule has 8 rings (SSSR count). The maximum Gasteiger partial charge on any atom is 0.234 e. The predicted molar refractivity (Wildman–Crippen MR) is 207 cm³/mol. The van der Waals surface area contributed by atoms with Gasteiger partial charge in [0.05, 0.1) is 29.5 Å². The van der Waals surface area contributed by atoms with Crippen molar-refractivity contribution in [2.45, 2.75) is 71.0 Å². The Labute approximate surface area is 323 Å². The second kappa shape index (κ2) is 15.6. The van der Waals surface area contributed by atoms with Crippen molar-refractivity contribution in [3.05, 3.63) is 89.3 Å². The van der Waals surface area contributed by atoms with Crippen LogP contribution in [0.25, 0.3) is 22.3 Å². The normalized spacial score (nSPS) is 18.9. The zero-order chi connectivity index (χ0) is 39.1. The minimum Gasteiger partial charge on any atom is -0.370 e. The van der Waals surface area contributed by atoms with Crippen LogP contribution >= 0.6 is 0 Å². The first-order chi connectivity index (χ1) is 27.0. The zero-order valence-electron chi connectivity index (χ0n) is 31.7. The van der Waals surface area contributed by atoms with Crippen molar-refractivity contribution in [1.82, 2.24) is 39.6 Å². The third-order valence-electron chi connectivity index (χ3n) is 11.3. The predicted octanol–water partition coefficient (Wildman–Crippen LogP) is 6.25. The molecule has 0 aliphatic carbocycles. The third kappa shape index (κ3) is 7.69. The highest BCUT2D eigenvalue weighted by atomic mass is 19.1. The quantitative estimate of drug-likeness (QED) is 0.167. The number of anilines is 3. The number of carbonyl (C=O) groups excluding carboxylic acids is 2. The number of aromatic nitrogens is 5. The summed E-state index contributed by atoms with van der Waals surface area (Å²) in [4.78, 5) is 48.4. The second-order valence-corrected chi connectivity index (χ2v) is 15.3. The Balaban J connectivity index is 0.830. The van der Waals surface area contributed by atoms with E-state index in [0.717, 1.165) is 69.6 Å². The molecule has 15 heteroatoms. The molecule has 0 saturated carbocycles. The molecule has 3 saturated heterocycles. The number of halogens is 3. The van der Waals surface area contributed by atoms with Gasteiger partial charge in [-0.05, 0) is 75.9 Å². The molecule has 0 spiro atoms. The summed E-state index contributed by atoms with van der Waals surface area (Å²) >= 11 is 0. The molecule has 0 radical (unpaired) electrons. The molecule has 2 aromatic carbocycles. The average molecular weight is 767 g/mol. The van der Waals surface area contributed by atoms with Gasteiger partial charge < -0.3 is 14.8 Å². The number of piperazine rings is 1. The van der Waals surface area contributed by atoms with Gasteiger partial charge in [0.15, 0.2) is 11.6 Å². The lowest BCUT2D eigenvalue weighted by atomic mass is 9.89. The number of rotatable bonds is 9. The highest BCUT2D eigenvalue weighted by molar-refractivity contribution is 6.01. The van der Waals surface area contributed by atoms with E-state index in [2.05, 4.69) is 45.3 Å². The molecule has 292 valence electrons. The highest BCUT2D eigenvalue weighted by Gasteiger charge is 2.31. The van der Waals surface area contributed by atoms with Gasteiger partial charge >= 0.3 is 0 Å². The summed E-state index contributed by atoms with van der Waals surface area (Å²) < 4.78 is 47.1. The minimum absolute atomic E-state index is 0.0212. The summed E-state index contributed by atoms with van der Waals surface area (Å²) in [5, 5.41) is 5.38. The van der Waals surface area contributed by atoms with Crippen LogP contribution in [-0.2, 0) is 16.1 Å². The first-order valence-corrected chi connectivity index (χ1v) is 19.3. The van der Waals surface area contributed by atoms with E-state index >= 15 is 13.2 Å². The Morgan fingerprint density at radius 2 is 1.64 bits per heavy atom. The van der Waals surface area contributed by atoms with Crippen LogP contribution in [0.1, 0.15) is 68.4 Å².